The number of amides is 1. The summed E-state index contributed by atoms with van der Waals surface area (Å²) in [5.74, 6) is -1.65. The molecule has 4 nitrogen and oxygen atoms in total. The van der Waals surface area contributed by atoms with Gasteiger partial charge in [-0.3, -0.25) is 9.59 Å². The number of halogens is 1. The molecule has 3 rings (SSSR count). The summed E-state index contributed by atoms with van der Waals surface area (Å²) in [4.78, 5) is 25.8. The number of nitrogens with zero attached hydrogens (tertiary/aromatic N) is 1. The molecule has 1 aliphatic heterocycles. The molecule has 1 aliphatic rings. The second-order valence-electron chi connectivity index (χ2n) is 6.06. The number of carbonyl (C=O) groups excluding carboxylic acids is 1. The number of carboxylic acid groups (broad SMARTS) is 1. The third-order valence-corrected chi connectivity index (χ3v) is 4.74. The van der Waals surface area contributed by atoms with Gasteiger partial charge in [-0.2, -0.15) is 0 Å². The fourth-order valence-electron chi connectivity index (χ4n) is 3.18. The van der Waals surface area contributed by atoms with Crippen molar-refractivity contribution in [2.24, 2.45) is 5.92 Å². The molecule has 2 aromatic rings. The number of rotatable bonds is 4. The van der Waals surface area contributed by atoms with Gasteiger partial charge in [-0.25, -0.2) is 0 Å². The van der Waals surface area contributed by atoms with E-state index in [0.717, 1.165) is 11.1 Å². The Morgan fingerprint density at radius 1 is 1.04 bits per heavy atom. The molecule has 0 radical (unpaired) electrons. The SMILES string of the molecule is O=C(O)[C@@H]1CN(C(=O)Cc2ccc(Cl)cc2)C[C@@H]1c1ccccc1. The highest BCUT2D eigenvalue weighted by Gasteiger charge is 2.40. The van der Waals surface area contributed by atoms with Gasteiger partial charge in [0.25, 0.3) is 0 Å². The van der Waals surface area contributed by atoms with E-state index >= 15 is 0 Å². The van der Waals surface area contributed by atoms with Crippen molar-refractivity contribution < 1.29 is 14.7 Å². The lowest BCUT2D eigenvalue weighted by Crippen LogP contribution is -2.31. The molecular formula is C19H18ClNO3. The average Bonchev–Trinajstić information content (AvgIpc) is 3.03. The second-order valence-corrected chi connectivity index (χ2v) is 6.50. The van der Waals surface area contributed by atoms with Gasteiger partial charge in [-0.05, 0) is 23.3 Å². The summed E-state index contributed by atoms with van der Waals surface area (Å²) >= 11 is 5.86. The first-order valence-electron chi connectivity index (χ1n) is 7.84. The number of aliphatic carboxylic acids is 1. The van der Waals surface area contributed by atoms with Gasteiger partial charge in [0.15, 0.2) is 0 Å². The molecule has 0 bridgehead atoms. The van der Waals surface area contributed by atoms with Gasteiger partial charge >= 0.3 is 5.97 Å². The minimum atomic E-state index is -0.856. The summed E-state index contributed by atoms with van der Waals surface area (Å²) in [6.07, 6.45) is 0.255. The number of carbonyl (C=O) groups is 2. The van der Waals surface area contributed by atoms with Crippen LogP contribution in [0.15, 0.2) is 54.6 Å². The van der Waals surface area contributed by atoms with E-state index in [2.05, 4.69) is 0 Å². The smallest absolute Gasteiger partial charge is 0.308 e. The molecule has 1 heterocycles. The van der Waals surface area contributed by atoms with Gasteiger partial charge in [-0.1, -0.05) is 54.1 Å². The summed E-state index contributed by atoms with van der Waals surface area (Å²) < 4.78 is 0. The monoisotopic (exact) mass is 343 g/mol. The van der Waals surface area contributed by atoms with Crippen LogP contribution in [0.3, 0.4) is 0 Å². The van der Waals surface area contributed by atoms with E-state index in [-0.39, 0.29) is 24.8 Å². The molecule has 0 saturated carbocycles. The Hall–Kier alpha value is -2.33. The van der Waals surface area contributed by atoms with Crippen LogP contribution in [0.2, 0.25) is 5.02 Å². The van der Waals surface area contributed by atoms with E-state index in [4.69, 9.17) is 11.6 Å². The Bertz CT molecular complexity index is 730. The zero-order valence-corrected chi connectivity index (χ0v) is 13.8. The van der Waals surface area contributed by atoms with Crippen LogP contribution in [0, 0.1) is 5.92 Å². The van der Waals surface area contributed by atoms with Crippen molar-refractivity contribution in [3.63, 3.8) is 0 Å². The molecule has 1 amide bonds. The molecular weight excluding hydrogens is 326 g/mol. The second kappa shape index (κ2) is 7.05. The summed E-state index contributed by atoms with van der Waals surface area (Å²) in [7, 11) is 0. The molecule has 24 heavy (non-hydrogen) atoms. The average molecular weight is 344 g/mol. The summed E-state index contributed by atoms with van der Waals surface area (Å²) in [5, 5.41) is 10.1. The van der Waals surface area contributed by atoms with Crippen LogP contribution < -0.4 is 0 Å². The maximum absolute atomic E-state index is 12.5. The molecule has 0 aromatic heterocycles. The molecule has 2 aromatic carbocycles. The first-order valence-corrected chi connectivity index (χ1v) is 8.22. The largest absolute Gasteiger partial charge is 0.481 e. The molecule has 0 spiro atoms. The molecule has 1 N–H and O–H groups in total. The molecule has 0 unspecified atom stereocenters. The highest BCUT2D eigenvalue weighted by atomic mass is 35.5. The van der Waals surface area contributed by atoms with Crippen molar-refractivity contribution in [2.75, 3.05) is 13.1 Å². The summed E-state index contributed by atoms with van der Waals surface area (Å²) in [6, 6.07) is 16.7. The predicted octanol–water partition coefficient (Wildman–Crippen LogP) is 3.21. The van der Waals surface area contributed by atoms with Crippen LogP contribution in [0.25, 0.3) is 0 Å². The molecule has 1 fully saturated rings. The van der Waals surface area contributed by atoms with Gasteiger partial charge in [0.2, 0.25) is 5.91 Å². The molecule has 5 heteroatoms. The Balaban J connectivity index is 1.74. The van der Waals surface area contributed by atoms with Crippen LogP contribution in [-0.4, -0.2) is 35.0 Å². The third kappa shape index (κ3) is 3.60. The predicted molar refractivity (Wildman–Crippen MR) is 92.0 cm³/mol. The molecule has 124 valence electrons. The van der Waals surface area contributed by atoms with Gasteiger partial charge in [-0.15, -0.1) is 0 Å². The standard InChI is InChI=1S/C19H18ClNO3/c20-15-8-6-13(7-9-15)10-18(22)21-11-16(17(12-21)19(23)24)14-4-2-1-3-5-14/h1-9,16-17H,10-12H2,(H,23,24)/t16-,17-/m1/s1. The Labute approximate surface area is 145 Å². The van der Waals surface area contributed by atoms with Crippen molar-refractivity contribution in [1.82, 2.24) is 4.90 Å². The zero-order valence-electron chi connectivity index (χ0n) is 13.1. The number of hydrogen-bond donors (Lipinski definition) is 1. The molecule has 1 saturated heterocycles. The van der Waals surface area contributed by atoms with Gasteiger partial charge in [0.1, 0.15) is 0 Å². The van der Waals surface area contributed by atoms with Crippen molar-refractivity contribution in [1.29, 1.82) is 0 Å². The number of hydrogen-bond acceptors (Lipinski definition) is 2. The van der Waals surface area contributed by atoms with Crippen LogP contribution in [0.4, 0.5) is 0 Å². The zero-order chi connectivity index (χ0) is 17.1. The lowest BCUT2D eigenvalue weighted by molar-refractivity contribution is -0.141. The highest BCUT2D eigenvalue weighted by Crippen LogP contribution is 2.33. The van der Waals surface area contributed by atoms with E-state index in [9.17, 15) is 14.7 Å². The van der Waals surface area contributed by atoms with E-state index in [0.29, 0.717) is 11.6 Å². The first-order chi connectivity index (χ1) is 11.5. The van der Waals surface area contributed by atoms with Crippen molar-refractivity contribution >= 4 is 23.5 Å². The van der Waals surface area contributed by atoms with Crippen molar-refractivity contribution in [2.45, 2.75) is 12.3 Å². The van der Waals surface area contributed by atoms with Crippen molar-refractivity contribution in [3.05, 3.63) is 70.7 Å². The Kier molecular flexibility index (Phi) is 4.86. The van der Waals surface area contributed by atoms with Crippen LogP contribution in [-0.2, 0) is 16.0 Å². The van der Waals surface area contributed by atoms with Crippen LogP contribution in [0.1, 0.15) is 17.0 Å². The fourth-order valence-corrected chi connectivity index (χ4v) is 3.31. The minimum Gasteiger partial charge on any atom is -0.481 e. The molecule has 0 aliphatic carbocycles. The summed E-state index contributed by atoms with van der Waals surface area (Å²) in [6.45, 7) is 0.689. The van der Waals surface area contributed by atoms with E-state index in [1.54, 1.807) is 17.0 Å². The summed E-state index contributed by atoms with van der Waals surface area (Å²) in [5.41, 5.74) is 1.84. The Morgan fingerprint density at radius 3 is 2.33 bits per heavy atom. The van der Waals surface area contributed by atoms with Gasteiger partial charge in [0.05, 0.1) is 12.3 Å². The highest BCUT2D eigenvalue weighted by molar-refractivity contribution is 6.30. The van der Waals surface area contributed by atoms with Crippen molar-refractivity contribution in [3.8, 4) is 0 Å². The lowest BCUT2D eigenvalue weighted by atomic mass is 9.89. The molecule has 2 atom stereocenters. The number of likely N-dealkylation sites (tertiary alicyclic amines) is 1. The fraction of sp³-hybridized carbons (Fsp3) is 0.263. The van der Waals surface area contributed by atoms with E-state index < -0.39 is 11.9 Å². The quantitative estimate of drug-likeness (QED) is 0.927. The normalized spacial score (nSPS) is 20.1. The van der Waals surface area contributed by atoms with E-state index in [1.807, 2.05) is 42.5 Å². The third-order valence-electron chi connectivity index (χ3n) is 4.49. The Morgan fingerprint density at radius 2 is 1.71 bits per heavy atom. The maximum atomic E-state index is 12.5. The first kappa shape index (κ1) is 16.5. The lowest BCUT2D eigenvalue weighted by Gasteiger charge is -2.16. The van der Waals surface area contributed by atoms with E-state index in [1.165, 1.54) is 0 Å². The maximum Gasteiger partial charge on any atom is 0.308 e. The number of benzene rings is 2. The van der Waals surface area contributed by atoms with Crippen LogP contribution in [0.5, 0.6) is 0 Å². The van der Waals surface area contributed by atoms with Gasteiger partial charge in [0, 0.05) is 24.0 Å². The van der Waals surface area contributed by atoms with Crippen LogP contribution >= 0.6 is 11.6 Å². The topological polar surface area (TPSA) is 57.6 Å². The minimum absolute atomic E-state index is 0.0537. The number of carboxylic acids is 1. The van der Waals surface area contributed by atoms with Gasteiger partial charge < -0.3 is 10.0 Å².